The maximum atomic E-state index is 4.06. The molecule has 2 nitrogen and oxygen atoms in total. The van der Waals surface area contributed by atoms with Gasteiger partial charge in [0.05, 0.1) is 5.51 Å². The molecule has 0 spiro atoms. The first kappa shape index (κ1) is 12.7. The minimum Gasteiger partial charge on any atom is -0.309 e. The number of aromatic nitrogens is 1. The van der Waals surface area contributed by atoms with Crippen molar-refractivity contribution >= 4 is 11.3 Å². The number of rotatable bonds is 7. The average molecular weight is 226 g/mol. The highest BCUT2D eigenvalue weighted by molar-refractivity contribution is 7.09. The zero-order valence-corrected chi connectivity index (χ0v) is 10.8. The zero-order chi connectivity index (χ0) is 11.1. The van der Waals surface area contributed by atoms with Crippen molar-refractivity contribution in [1.82, 2.24) is 10.3 Å². The normalized spacial score (nSPS) is 13.3. The van der Waals surface area contributed by atoms with Crippen molar-refractivity contribution < 1.29 is 0 Å². The highest BCUT2D eigenvalue weighted by Crippen LogP contribution is 2.09. The lowest BCUT2D eigenvalue weighted by Gasteiger charge is -2.13. The Morgan fingerprint density at radius 1 is 1.33 bits per heavy atom. The molecular formula is C12H22N2S. The van der Waals surface area contributed by atoms with Crippen LogP contribution in [0.3, 0.4) is 0 Å². The molecule has 1 atom stereocenters. The van der Waals surface area contributed by atoms with Crippen LogP contribution in [0.25, 0.3) is 0 Å². The summed E-state index contributed by atoms with van der Waals surface area (Å²) in [4.78, 5) is 5.39. The Balaban J connectivity index is 2.06. The van der Waals surface area contributed by atoms with Crippen LogP contribution in [0.4, 0.5) is 0 Å². The maximum absolute atomic E-state index is 4.06. The molecular weight excluding hydrogens is 204 g/mol. The van der Waals surface area contributed by atoms with E-state index in [4.69, 9.17) is 0 Å². The number of hydrogen-bond donors (Lipinski definition) is 1. The van der Waals surface area contributed by atoms with Gasteiger partial charge in [0.1, 0.15) is 0 Å². The van der Waals surface area contributed by atoms with Crippen LogP contribution in [-0.2, 0) is 6.54 Å². The fourth-order valence-electron chi connectivity index (χ4n) is 1.54. The number of nitrogens with zero attached hydrogens (tertiary/aromatic N) is 1. The molecule has 1 aromatic heterocycles. The van der Waals surface area contributed by atoms with E-state index in [1.165, 1.54) is 24.1 Å². The fourth-order valence-corrected chi connectivity index (χ4v) is 2.08. The van der Waals surface area contributed by atoms with E-state index in [1.807, 2.05) is 11.7 Å². The largest absolute Gasteiger partial charge is 0.309 e. The van der Waals surface area contributed by atoms with Crippen LogP contribution in [0, 0.1) is 5.92 Å². The van der Waals surface area contributed by atoms with Gasteiger partial charge in [-0.1, -0.05) is 26.7 Å². The van der Waals surface area contributed by atoms with Gasteiger partial charge in [0.2, 0.25) is 0 Å². The van der Waals surface area contributed by atoms with Gasteiger partial charge in [0, 0.05) is 23.7 Å². The first-order chi connectivity index (χ1) is 7.18. The van der Waals surface area contributed by atoms with Crippen molar-refractivity contribution in [3.63, 3.8) is 0 Å². The van der Waals surface area contributed by atoms with E-state index in [0.717, 1.165) is 12.5 Å². The van der Waals surface area contributed by atoms with E-state index in [9.17, 15) is 0 Å². The quantitative estimate of drug-likeness (QED) is 0.770. The molecule has 0 saturated heterocycles. The number of hydrogen-bond acceptors (Lipinski definition) is 3. The molecule has 0 saturated carbocycles. The predicted octanol–water partition coefficient (Wildman–Crippen LogP) is 3.45. The molecule has 86 valence electrons. The van der Waals surface area contributed by atoms with Gasteiger partial charge in [-0.2, -0.15) is 0 Å². The zero-order valence-electron chi connectivity index (χ0n) is 9.99. The van der Waals surface area contributed by atoms with Crippen molar-refractivity contribution in [2.45, 2.75) is 52.6 Å². The average Bonchev–Trinajstić information content (AvgIpc) is 2.66. The van der Waals surface area contributed by atoms with E-state index in [0.29, 0.717) is 6.04 Å². The van der Waals surface area contributed by atoms with Crippen molar-refractivity contribution in [2.24, 2.45) is 5.92 Å². The molecule has 0 aliphatic carbocycles. The molecule has 0 aliphatic heterocycles. The molecule has 0 fully saturated rings. The molecule has 1 rings (SSSR count). The smallest absolute Gasteiger partial charge is 0.0794 e. The van der Waals surface area contributed by atoms with E-state index in [2.05, 4.69) is 31.1 Å². The third-order valence-corrected chi connectivity index (χ3v) is 3.31. The Hall–Kier alpha value is -0.410. The Morgan fingerprint density at radius 2 is 2.13 bits per heavy atom. The molecule has 1 aromatic rings. The van der Waals surface area contributed by atoms with Crippen LogP contribution < -0.4 is 5.32 Å². The monoisotopic (exact) mass is 226 g/mol. The summed E-state index contributed by atoms with van der Waals surface area (Å²) in [6, 6.07) is 0.617. The molecule has 3 heteroatoms. The van der Waals surface area contributed by atoms with Crippen molar-refractivity contribution in [2.75, 3.05) is 0 Å². The summed E-state index contributed by atoms with van der Waals surface area (Å²) < 4.78 is 0. The van der Waals surface area contributed by atoms with Crippen LogP contribution in [0.2, 0.25) is 0 Å². The minimum absolute atomic E-state index is 0.617. The highest BCUT2D eigenvalue weighted by atomic mass is 32.1. The second-order valence-corrected chi connectivity index (χ2v) is 5.55. The molecule has 1 heterocycles. The Labute approximate surface area is 97.1 Å². The van der Waals surface area contributed by atoms with Gasteiger partial charge in [-0.3, -0.25) is 4.98 Å². The minimum atomic E-state index is 0.617. The van der Waals surface area contributed by atoms with Crippen LogP contribution in [-0.4, -0.2) is 11.0 Å². The van der Waals surface area contributed by atoms with Gasteiger partial charge in [0.15, 0.2) is 0 Å². The number of thiazole rings is 1. The first-order valence-electron chi connectivity index (χ1n) is 5.79. The lowest BCUT2D eigenvalue weighted by atomic mass is 10.0. The van der Waals surface area contributed by atoms with Crippen molar-refractivity contribution in [3.05, 3.63) is 16.6 Å². The summed E-state index contributed by atoms with van der Waals surface area (Å²) in [6.45, 7) is 7.81. The lowest BCUT2D eigenvalue weighted by molar-refractivity contribution is 0.458. The second kappa shape index (κ2) is 6.96. The Bertz CT molecular complexity index is 244. The molecule has 0 radical (unpaired) electrons. The molecule has 0 aromatic carbocycles. The van der Waals surface area contributed by atoms with E-state index in [1.54, 1.807) is 11.3 Å². The molecule has 15 heavy (non-hydrogen) atoms. The van der Waals surface area contributed by atoms with Crippen molar-refractivity contribution in [3.8, 4) is 0 Å². The third kappa shape index (κ3) is 5.90. The van der Waals surface area contributed by atoms with Gasteiger partial charge < -0.3 is 5.32 Å². The molecule has 1 N–H and O–H groups in total. The van der Waals surface area contributed by atoms with Gasteiger partial charge in [-0.25, -0.2) is 0 Å². The maximum Gasteiger partial charge on any atom is 0.0794 e. The topological polar surface area (TPSA) is 24.9 Å². The van der Waals surface area contributed by atoms with Gasteiger partial charge in [-0.05, 0) is 19.3 Å². The van der Waals surface area contributed by atoms with Crippen molar-refractivity contribution in [1.29, 1.82) is 0 Å². The Kier molecular flexibility index (Phi) is 5.88. The van der Waals surface area contributed by atoms with Crippen LogP contribution in [0.1, 0.15) is 44.9 Å². The summed E-state index contributed by atoms with van der Waals surface area (Å²) in [5.74, 6) is 0.832. The number of nitrogens with one attached hydrogen (secondary N) is 1. The lowest BCUT2D eigenvalue weighted by Crippen LogP contribution is -2.24. The fraction of sp³-hybridized carbons (Fsp3) is 0.750. The van der Waals surface area contributed by atoms with Crippen LogP contribution >= 0.6 is 11.3 Å². The molecule has 0 amide bonds. The highest BCUT2D eigenvalue weighted by Gasteiger charge is 2.03. The summed E-state index contributed by atoms with van der Waals surface area (Å²) in [6.07, 6.45) is 5.89. The third-order valence-electron chi connectivity index (χ3n) is 2.53. The van der Waals surface area contributed by atoms with Gasteiger partial charge in [0.25, 0.3) is 0 Å². The second-order valence-electron chi connectivity index (χ2n) is 4.57. The van der Waals surface area contributed by atoms with Gasteiger partial charge >= 0.3 is 0 Å². The van der Waals surface area contributed by atoms with E-state index in [-0.39, 0.29) is 0 Å². The van der Waals surface area contributed by atoms with E-state index < -0.39 is 0 Å². The molecule has 0 bridgehead atoms. The molecule has 0 unspecified atom stereocenters. The van der Waals surface area contributed by atoms with Crippen LogP contribution in [0.5, 0.6) is 0 Å². The first-order valence-corrected chi connectivity index (χ1v) is 6.67. The summed E-state index contributed by atoms with van der Waals surface area (Å²) in [7, 11) is 0. The van der Waals surface area contributed by atoms with Gasteiger partial charge in [-0.15, -0.1) is 11.3 Å². The summed E-state index contributed by atoms with van der Waals surface area (Å²) in [5, 5.41) is 3.53. The predicted molar refractivity (Wildman–Crippen MR) is 67.1 cm³/mol. The van der Waals surface area contributed by atoms with E-state index >= 15 is 0 Å². The van der Waals surface area contributed by atoms with Crippen LogP contribution in [0.15, 0.2) is 11.7 Å². The SMILES string of the molecule is CC(C)CCC[C@H](C)NCc1cncs1. The Morgan fingerprint density at radius 3 is 2.73 bits per heavy atom. The standard InChI is InChI=1S/C12H22N2S/c1-10(2)5-4-6-11(3)14-8-12-7-13-9-15-12/h7,9-11,14H,4-6,8H2,1-3H3/t11-/m0/s1. The summed E-state index contributed by atoms with van der Waals surface area (Å²) >= 11 is 1.72. The summed E-state index contributed by atoms with van der Waals surface area (Å²) in [5.41, 5.74) is 1.89. The molecule has 0 aliphatic rings.